The molecule has 0 aliphatic rings. The summed E-state index contributed by atoms with van der Waals surface area (Å²) in [6, 6.07) is 9.71. The molecule has 0 bridgehead atoms. The molecule has 2 unspecified atom stereocenters. The van der Waals surface area contributed by atoms with Gasteiger partial charge in [-0.05, 0) is 25.3 Å². The molecule has 1 rings (SSSR count). The van der Waals surface area contributed by atoms with Crippen LogP contribution >= 0.6 is 0 Å². The number of carbonyl (C=O) groups excluding carboxylic acids is 1. The number of unbranched alkanes of at least 4 members (excludes halogenated alkanes) is 1. The number of hydrogen-bond acceptors (Lipinski definition) is 3. The Morgan fingerprint density at radius 2 is 1.95 bits per heavy atom. The van der Waals surface area contributed by atoms with E-state index in [0.717, 1.165) is 19.3 Å². The molecule has 0 saturated heterocycles. The van der Waals surface area contributed by atoms with Crippen molar-refractivity contribution in [2.24, 2.45) is 11.6 Å². The van der Waals surface area contributed by atoms with Crippen LogP contribution in [0, 0.1) is 0 Å². The molecule has 2 atom stereocenters. The average Bonchev–Trinajstić information content (AvgIpc) is 2.44. The summed E-state index contributed by atoms with van der Waals surface area (Å²) in [4.78, 5) is 11.9. The van der Waals surface area contributed by atoms with Gasteiger partial charge in [0.25, 0.3) is 0 Å². The summed E-state index contributed by atoms with van der Waals surface area (Å²) in [6.45, 7) is 2.61. The molecule has 0 aliphatic heterocycles. The Hall–Kier alpha value is -0.326. The van der Waals surface area contributed by atoms with E-state index in [1.54, 1.807) is 0 Å². The van der Waals surface area contributed by atoms with Gasteiger partial charge >= 0.3 is 0 Å². The van der Waals surface area contributed by atoms with Gasteiger partial charge < -0.3 is 22.3 Å². The molecule has 1 amide bonds. The third-order valence-electron chi connectivity index (χ3n) is 3.16. The van der Waals surface area contributed by atoms with Gasteiger partial charge in [-0.1, -0.05) is 43.2 Å². The fraction of sp³-hybridized carbons (Fsp3) is 0.533. The zero-order valence-corrected chi connectivity index (χ0v) is 15.5. The van der Waals surface area contributed by atoms with Crippen LogP contribution in [0.4, 0.5) is 0 Å². The first-order valence-electron chi connectivity index (χ1n) is 7.10. The van der Waals surface area contributed by atoms with Crippen molar-refractivity contribution >= 4 is 5.91 Å². The van der Waals surface area contributed by atoms with Crippen LogP contribution < -0.4 is 16.9 Å². The number of nitrogens with two attached hydrogens (primary N) is 2. The molecular formula is C15H25N4OY-. The van der Waals surface area contributed by atoms with E-state index in [9.17, 15) is 4.79 Å². The summed E-state index contributed by atoms with van der Waals surface area (Å²) in [5.41, 5.74) is 10.6. The molecule has 0 saturated carbocycles. The maximum atomic E-state index is 11.9. The second-order valence-electron chi connectivity index (χ2n) is 5.11. The molecule has 0 aromatic heterocycles. The number of benzene rings is 1. The predicted octanol–water partition coefficient (Wildman–Crippen LogP) is 1.48. The summed E-state index contributed by atoms with van der Waals surface area (Å²) >= 11 is 0. The Labute approximate surface area is 152 Å². The van der Waals surface area contributed by atoms with Crippen LogP contribution in [-0.4, -0.2) is 24.5 Å². The Balaban J connectivity index is 0.00000400. The third-order valence-corrected chi connectivity index (χ3v) is 3.16. The molecule has 115 valence electrons. The zero-order chi connectivity index (χ0) is 14.8. The number of amides is 1. The summed E-state index contributed by atoms with van der Waals surface area (Å²) < 4.78 is 0. The van der Waals surface area contributed by atoms with E-state index in [1.807, 2.05) is 25.1 Å². The van der Waals surface area contributed by atoms with Crippen LogP contribution in [0.25, 0.3) is 5.43 Å². The van der Waals surface area contributed by atoms with E-state index in [-0.39, 0.29) is 44.7 Å². The summed E-state index contributed by atoms with van der Waals surface area (Å²) in [5.74, 6) is 4.97. The van der Waals surface area contributed by atoms with Crippen LogP contribution in [0.15, 0.2) is 30.3 Å². The first-order chi connectivity index (χ1) is 9.63. The normalized spacial score (nSPS) is 13.1. The molecule has 0 heterocycles. The monoisotopic (exact) mass is 366 g/mol. The van der Waals surface area contributed by atoms with Crippen LogP contribution in [0.3, 0.4) is 0 Å². The Kier molecular flexibility index (Phi) is 12.1. The van der Waals surface area contributed by atoms with Crippen molar-refractivity contribution < 1.29 is 37.5 Å². The molecule has 1 aromatic rings. The van der Waals surface area contributed by atoms with E-state index in [1.165, 1.54) is 5.56 Å². The van der Waals surface area contributed by atoms with Crippen molar-refractivity contribution in [3.05, 3.63) is 41.3 Å². The molecule has 0 spiro atoms. The third kappa shape index (κ3) is 9.32. The summed E-state index contributed by atoms with van der Waals surface area (Å²) in [7, 11) is 0. The number of rotatable bonds is 9. The van der Waals surface area contributed by atoms with Gasteiger partial charge in [0.05, 0.1) is 6.04 Å². The van der Waals surface area contributed by atoms with Crippen molar-refractivity contribution in [1.82, 2.24) is 5.32 Å². The molecule has 0 aliphatic carbocycles. The van der Waals surface area contributed by atoms with Crippen molar-refractivity contribution in [2.75, 3.05) is 6.54 Å². The Bertz CT molecular complexity index is 389. The van der Waals surface area contributed by atoms with Crippen molar-refractivity contribution in [3.8, 4) is 0 Å². The SMILES string of the molecule is CC(Cc1ccccc1)NC(=O)C(N)CCCC[N-]N.[Y]. The van der Waals surface area contributed by atoms with Gasteiger partial charge in [-0.15, -0.1) is 6.54 Å². The number of nitrogens with zero attached hydrogens (tertiary/aromatic N) is 1. The van der Waals surface area contributed by atoms with Crippen molar-refractivity contribution in [2.45, 2.75) is 44.7 Å². The minimum absolute atomic E-state index is 0. The zero-order valence-electron chi connectivity index (χ0n) is 12.7. The van der Waals surface area contributed by atoms with Crippen LogP contribution in [0.1, 0.15) is 31.7 Å². The second kappa shape index (κ2) is 12.2. The number of nitrogens with one attached hydrogen (secondary N) is 1. The fourth-order valence-electron chi connectivity index (χ4n) is 2.07. The van der Waals surface area contributed by atoms with Gasteiger partial charge in [-0.25, -0.2) is 0 Å². The van der Waals surface area contributed by atoms with Gasteiger partial charge in [-0.2, -0.15) is 0 Å². The van der Waals surface area contributed by atoms with E-state index >= 15 is 0 Å². The topological polar surface area (TPSA) is 95.2 Å². The van der Waals surface area contributed by atoms with Gasteiger partial charge in [0.1, 0.15) is 0 Å². The first-order valence-corrected chi connectivity index (χ1v) is 7.10. The Morgan fingerprint density at radius 3 is 2.57 bits per heavy atom. The molecule has 5 nitrogen and oxygen atoms in total. The largest absolute Gasteiger partial charge is 0.600 e. The second-order valence-corrected chi connectivity index (χ2v) is 5.11. The van der Waals surface area contributed by atoms with E-state index in [0.29, 0.717) is 13.0 Å². The van der Waals surface area contributed by atoms with E-state index in [2.05, 4.69) is 22.9 Å². The van der Waals surface area contributed by atoms with Crippen LogP contribution in [-0.2, 0) is 43.9 Å². The minimum Gasteiger partial charge on any atom is -0.600 e. The van der Waals surface area contributed by atoms with Gasteiger partial charge in [0.2, 0.25) is 5.91 Å². The summed E-state index contributed by atoms with van der Waals surface area (Å²) in [6.07, 6.45) is 3.21. The standard InChI is InChI=1S/C15H25N4O.Y/c1-12(11-13-7-3-2-4-8-13)19-15(20)14(16)9-5-6-10-18-17;/h2-4,7-8,12,14H,5-6,9-11,16-17H2,1H3,(H,19,20);/q-1;. The Morgan fingerprint density at radius 1 is 1.29 bits per heavy atom. The van der Waals surface area contributed by atoms with Crippen molar-refractivity contribution in [1.29, 1.82) is 0 Å². The molecule has 6 heteroatoms. The molecule has 5 N–H and O–H groups in total. The number of hydrogen-bond donors (Lipinski definition) is 3. The molecule has 0 fully saturated rings. The minimum atomic E-state index is -0.453. The van der Waals surface area contributed by atoms with Crippen LogP contribution in [0.2, 0.25) is 0 Å². The predicted molar refractivity (Wildman–Crippen MR) is 82.0 cm³/mol. The quantitative estimate of drug-likeness (QED) is 0.351. The first kappa shape index (κ1) is 20.7. The van der Waals surface area contributed by atoms with Gasteiger partial charge in [0, 0.05) is 38.8 Å². The van der Waals surface area contributed by atoms with E-state index in [4.69, 9.17) is 11.6 Å². The van der Waals surface area contributed by atoms with Crippen LogP contribution in [0.5, 0.6) is 0 Å². The molecule has 1 radical (unpaired) electrons. The summed E-state index contributed by atoms with van der Waals surface area (Å²) in [5, 5.41) is 2.96. The fourth-order valence-corrected chi connectivity index (χ4v) is 2.07. The number of carbonyl (C=O) groups is 1. The van der Waals surface area contributed by atoms with Gasteiger partial charge in [0.15, 0.2) is 0 Å². The smallest absolute Gasteiger partial charge is 0.237 e. The van der Waals surface area contributed by atoms with Crippen molar-refractivity contribution in [3.63, 3.8) is 0 Å². The van der Waals surface area contributed by atoms with E-state index < -0.39 is 6.04 Å². The molecular weight excluding hydrogens is 341 g/mol. The average molecular weight is 366 g/mol. The molecule has 1 aromatic carbocycles. The maximum absolute atomic E-state index is 11.9. The molecule has 21 heavy (non-hydrogen) atoms. The van der Waals surface area contributed by atoms with Gasteiger partial charge in [-0.3, -0.25) is 4.79 Å². The maximum Gasteiger partial charge on any atom is 0.237 e.